The van der Waals surface area contributed by atoms with Gasteiger partial charge in [0.2, 0.25) is 0 Å². The molecule has 0 aliphatic carbocycles. The molecule has 16 heavy (non-hydrogen) atoms. The van der Waals surface area contributed by atoms with Crippen LogP contribution < -0.4 is 0 Å². The molecule has 2 rings (SSSR count). The summed E-state index contributed by atoms with van der Waals surface area (Å²) in [5.74, 6) is 0. The molecule has 2 nitrogen and oxygen atoms in total. The number of nitrogens with zero attached hydrogens (tertiary/aromatic N) is 1. The van der Waals surface area contributed by atoms with Crippen LogP contribution in [0.3, 0.4) is 0 Å². The summed E-state index contributed by atoms with van der Waals surface area (Å²) < 4.78 is 0. The summed E-state index contributed by atoms with van der Waals surface area (Å²) in [5.41, 5.74) is 0.539. The molecule has 1 aliphatic heterocycles. The Morgan fingerprint density at radius 1 is 1.19 bits per heavy atom. The Balaban J connectivity index is 2.01. The number of aliphatic hydroxyl groups is 1. The second-order valence-corrected chi connectivity index (χ2v) is 4.65. The van der Waals surface area contributed by atoms with Crippen molar-refractivity contribution >= 4 is 6.08 Å². The smallest absolute Gasteiger partial charge is 0.0855 e. The maximum Gasteiger partial charge on any atom is 0.0855 e. The second-order valence-electron chi connectivity index (χ2n) is 4.65. The predicted molar refractivity (Wildman–Crippen MR) is 67.2 cm³/mol. The van der Waals surface area contributed by atoms with Gasteiger partial charge in [-0.25, -0.2) is 0 Å². The van der Waals surface area contributed by atoms with Gasteiger partial charge in [-0.15, -0.1) is 0 Å². The molecule has 1 N–H and O–H groups in total. The molecule has 1 fully saturated rings. The molecular formula is C14H19NO. The first-order chi connectivity index (χ1) is 7.68. The van der Waals surface area contributed by atoms with Crippen molar-refractivity contribution < 1.29 is 5.11 Å². The van der Waals surface area contributed by atoms with E-state index in [1.54, 1.807) is 0 Å². The Labute approximate surface area is 97.2 Å². The fraction of sp³-hybridized carbons (Fsp3) is 0.429. The van der Waals surface area contributed by atoms with Crippen molar-refractivity contribution in [2.45, 2.75) is 18.4 Å². The maximum atomic E-state index is 10.3. The van der Waals surface area contributed by atoms with Crippen LogP contribution in [0.1, 0.15) is 18.4 Å². The zero-order chi connectivity index (χ0) is 11.4. The molecule has 0 saturated carbocycles. The minimum absolute atomic E-state index is 0.609. The van der Waals surface area contributed by atoms with Crippen molar-refractivity contribution in [1.82, 2.24) is 4.90 Å². The van der Waals surface area contributed by atoms with Gasteiger partial charge in [0.15, 0.2) is 0 Å². The molecule has 0 unspecified atom stereocenters. The molecule has 2 heteroatoms. The topological polar surface area (TPSA) is 23.5 Å². The second kappa shape index (κ2) is 4.81. The summed E-state index contributed by atoms with van der Waals surface area (Å²) in [6.07, 6.45) is 5.63. The third kappa shape index (κ3) is 2.94. The molecule has 1 heterocycles. The first-order valence-electron chi connectivity index (χ1n) is 5.83. The average molecular weight is 217 g/mol. The fourth-order valence-electron chi connectivity index (χ4n) is 1.99. The molecule has 86 valence electrons. The molecule has 1 aromatic carbocycles. The third-order valence-corrected chi connectivity index (χ3v) is 3.24. The first-order valence-corrected chi connectivity index (χ1v) is 5.83. The van der Waals surface area contributed by atoms with Gasteiger partial charge in [0.1, 0.15) is 0 Å². The van der Waals surface area contributed by atoms with Crippen molar-refractivity contribution in [3.63, 3.8) is 0 Å². The molecule has 0 spiro atoms. The van der Waals surface area contributed by atoms with Gasteiger partial charge in [-0.1, -0.05) is 42.5 Å². The molecule has 1 saturated heterocycles. The Morgan fingerprint density at radius 2 is 1.81 bits per heavy atom. The van der Waals surface area contributed by atoms with Crippen LogP contribution in [0.25, 0.3) is 6.08 Å². The number of piperidine rings is 1. The van der Waals surface area contributed by atoms with Crippen LogP contribution >= 0.6 is 0 Å². The van der Waals surface area contributed by atoms with Crippen LogP contribution in [0.2, 0.25) is 0 Å². The van der Waals surface area contributed by atoms with Crippen LogP contribution in [0.5, 0.6) is 0 Å². The Hall–Kier alpha value is -1.12. The number of benzene rings is 1. The molecular weight excluding hydrogens is 198 g/mol. The summed E-state index contributed by atoms with van der Waals surface area (Å²) in [6, 6.07) is 10.1. The zero-order valence-electron chi connectivity index (χ0n) is 9.76. The van der Waals surface area contributed by atoms with E-state index < -0.39 is 5.60 Å². The van der Waals surface area contributed by atoms with Crippen molar-refractivity contribution in [3.05, 3.63) is 42.0 Å². The molecule has 1 aromatic rings. The third-order valence-electron chi connectivity index (χ3n) is 3.24. The average Bonchev–Trinajstić information content (AvgIpc) is 2.33. The van der Waals surface area contributed by atoms with Crippen molar-refractivity contribution in [2.24, 2.45) is 0 Å². The predicted octanol–water partition coefficient (Wildman–Crippen LogP) is 2.16. The van der Waals surface area contributed by atoms with E-state index in [4.69, 9.17) is 0 Å². The Kier molecular flexibility index (Phi) is 3.42. The number of likely N-dealkylation sites (tertiary alicyclic amines) is 1. The SMILES string of the molecule is CN1CCC(O)(/C=C/c2ccccc2)CC1. The summed E-state index contributed by atoms with van der Waals surface area (Å²) in [7, 11) is 2.10. The summed E-state index contributed by atoms with van der Waals surface area (Å²) in [6.45, 7) is 1.94. The molecule has 0 atom stereocenters. The summed E-state index contributed by atoms with van der Waals surface area (Å²) in [5, 5.41) is 10.3. The zero-order valence-corrected chi connectivity index (χ0v) is 9.76. The van der Waals surface area contributed by atoms with E-state index in [1.165, 1.54) is 0 Å². The first kappa shape index (κ1) is 11.4. The van der Waals surface area contributed by atoms with Gasteiger partial charge in [-0.2, -0.15) is 0 Å². The maximum absolute atomic E-state index is 10.3. The van der Waals surface area contributed by atoms with Crippen LogP contribution in [-0.2, 0) is 0 Å². The van der Waals surface area contributed by atoms with Crippen molar-refractivity contribution in [3.8, 4) is 0 Å². The quantitative estimate of drug-likeness (QED) is 0.820. The molecule has 0 bridgehead atoms. The lowest BCUT2D eigenvalue weighted by molar-refractivity contribution is 0.0272. The monoisotopic (exact) mass is 217 g/mol. The molecule has 0 aromatic heterocycles. The lowest BCUT2D eigenvalue weighted by atomic mass is 9.91. The largest absolute Gasteiger partial charge is 0.386 e. The van der Waals surface area contributed by atoms with Crippen molar-refractivity contribution in [1.29, 1.82) is 0 Å². The minimum atomic E-state index is -0.609. The van der Waals surface area contributed by atoms with Crippen molar-refractivity contribution in [2.75, 3.05) is 20.1 Å². The molecule has 1 aliphatic rings. The van der Waals surface area contributed by atoms with E-state index in [-0.39, 0.29) is 0 Å². The van der Waals surface area contributed by atoms with Gasteiger partial charge in [0.05, 0.1) is 5.60 Å². The van der Waals surface area contributed by atoms with E-state index in [0.29, 0.717) is 0 Å². The highest BCUT2D eigenvalue weighted by Gasteiger charge is 2.27. The van der Waals surface area contributed by atoms with E-state index >= 15 is 0 Å². The van der Waals surface area contributed by atoms with Crippen LogP contribution in [0.15, 0.2) is 36.4 Å². The fourth-order valence-corrected chi connectivity index (χ4v) is 1.99. The summed E-state index contributed by atoms with van der Waals surface area (Å²) in [4.78, 5) is 2.25. The van der Waals surface area contributed by atoms with E-state index in [2.05, 4.69) is 24.1 Å². The highest BCUT2D eigenvalue weighted by atomic mass is 16.3. The van der Waals surface area contributed by atoms with Crippen LogP contribution in [0.4, 0.5) is 0 Å². The molecule has 0 amide bonds. The number of hydrogen-bond acceptors (Lipinski definition) is 2. The van der Waals surface area contributed by atoms with Gasteiger partial charge in [0, 0.05) is 13.1 Å². The van der Waals surface area contributed by atoms with E-state index in [9.17, 15) is 5.11 Å². The van der Waals surface area contributed by atoms with Crippen LogP contribution in [0, 0.1) is 0 Å². The molecule has 0 radical (unpaired) electrons. The summed E-state index contributed by atoms with van der Waals surface area (Å²) >= 11 is 0. The number of hydrogen-bond donors (Lipinski definition) is 1. The normalized spacial score (nSPS) is 21.4. The van der Waals surface area contributed by atoms with Crippen LogP contribution in [-0.4, -0.2) is 35.7 Å². The Morgan fingerprint density at radius 3 is 2.44 bits per heavy atom. The van der Waals surface area contributed by atoms with Gasteiger partial charge in [0.25, 0.3) is 0 Å². The lowest BCUT2D eigenvalue weighted by Crippen LogP contribution is -2.41. The minimum Gasteiger partial charge on any atom is -0.386 e. The highest BCUT2D eigenvalue weighted by molar-refractivity contribution is 5.50. The standard InChI is InChI=1S/C14H19NO/c1-15-11-9-14(16,10-12-15)8-7-13-5-3-2-4-6-13/h2-8,16H,9-12H2,1H3/b8-7+. The highest BCUT2D eigenvalue weighted by Crippen LogP contribution is 2.23. The van der Waals surface area contributed by atoms with Gasteiger partial charge in [-0.05, 0) is 25.5 Å². The van der Waals surface area contributed by atoms with E-state index in [0.717, 1.165) is 31.5 Å². The van der Waals surface area contributed by atoms with Gasteiger partial charge < -0.3 is 10.0 Å². The Bertz CT molecular complexity index is 350. The van der Waals surface area contributed by atoms with E-state index in [1.807, 2.05) is 30.4 Å². The number of rotatable bonds is 2. The van der Waals surface area contributed by atoms with Gasteiger partial charge >= 0.3 is 0 Å². The van der Waals surface area contributed by atoms with Gasteiger partial charge in [-0.3, -0.25) is 0 Å². The lowest BCUT2D eigenvalue weighted by Gasteiger charge is -2.34.